The zero-order valence-corrected chi connectivity index (χ0v) is 13.8. The van der Waals surface area contributed by atoms with Crippen molar-refractivity contribution in [1.82, 2.24) is 0 Å². The highest BCUT2D eigenvalue weighted by atomic mass is 16.5. The summed E-state index contributed by atoms with van der Waals surface area (Å²) < 4.78 is 12.1. The lowest BCUT2D eigenvalue weighted by Crippen LogP contribution is -2.54. The van der Waals surface area contributed by atoms with Crippen LogP contribution >= 0.6 is 0 Å². The van der Waals surface area contributed by atoms with Gasteiger partial charge in [-0.3, -0.25) is 0 Å². The van der Waals surface area contributed by atoms with Gasteiger partial charge >= 0.3 is 0 Å². The van der Waals surface area contributed by atoms with Crippen molar-refractivity contribution in [3.8, 4) is 0 Å². The molecule has 1 N–H and O–H groups in total. The second-order valence-corrected chi connectivity index (χ2v) is 7.91. The number of aliphatic hydroxyl groups excluding tert-OH is 1. The lowest BCUT2D eigenvalue weighted by molar-refractivity contribution is -0.180. The fourth-order valence-corrected chi connectivity index (χ4v) is 5.25. The van der Waals surface area contributed by atoms with Crippen molar-refractivity contribution in [2.75, 3.05) is 13.7 Å². The zero-order valence-electron chi connectivity index (χ0n) is 13.8. The van der Waals surface area contributed by atoms with Gasteiger partial charge in [-0.15, -0.1) is 0 Å². The molecule has 1 heterocycles. The Labute approximate surface area is 129 Å². The summed E-state index contributed by atoms with van der Waals surface area (Å²) in [5.41, 5.74) is -0.224. The van der Waals surface area contributed by atoms with E-state index in [1.165, 1.54) is 38.5 Å². The Hall–Kier alpha value is -0.120. The van der Waals surface area contributed by atoms with Gasteiger partial charge < -0.3 is 14.6 Å². The quantitative estimate of drug-likeness (QED) is 0.863. The van der Waals surface area contributed by atoms with E-state index < -0.39 is 0 Å². The SMILES string of the molecule is COC1(C(O)C2CCOC3(CCCC3)C2)CCCC(C)C1. The summed E-state index contributed by atoms with van der Waals surface area (Å²) in [4.78, 5) is 0. The number of ether oxygens (including phenoxy) is 2. The van der Waals surface area contributed by atoms with E-state index in [0.717, 1.165) is 32.3 Å². The second kappa shape index (κ2) is 6.17. The monoisotopic (exact) mass is 296 g/mol. The van der Waals surface area contributed by atoms with Gasteiger partial charge in [-0.1, -0.05) is 32.6 Å². The molecule has 4 atom stereocenters. The molecule has 0 aromatic rings. The van der Waals surface area contributed by atoms with E-state index in [1.807, 2.05) is 0 Å². The molecule has 0 aromatic heterocycles. The van der Waals surface area contributed by atoms with Crippen LogP contribution in [0.2, 0.25) is 0 Å². The highest BCUT2D eigenvalue weighted by Gasteiger charge is 2.49. The molecule has 3 heteroatoms. The van der Waals surface area contributed by atoms with Crippen molar-refractivity contribution in [3.63, 3.8) is 0 Å². The minimum absolute atomic E-state index is 0.0825. The third-order valence-corrected chi connectivity index (χ3v) is 6.43. The smallest absolute Gasteiger partial charge is 0.0941 e. The molecule has 0 bridgehead atoms. The Morgan fingerprint density at radius 2 is 1.86 bits per heavy atom. The number of aliphatic hydroxyl groups is 1. The van der Waals surface area contributed by atoms with E-state index in [0.29, 0.717) is 11.8 Å². The lowest BCUT2D eigenvalue weighted by Gasteiger charge is -2.48. The fourth-order valence-electron chi connectivity index (χ4n) is 5.25. The van der Waals surface area contributed by atoms with Crippen molar-refractivity contribution < 1.29 is 14.6 Å². The van der Waals surface area contributed by atoms with Gasteiger partial charge in [0.2, 0.25) is 0 Å². The van der Waals surface area contributed by atoms with E-state index in [2.05, 4.69) is 6.92 Å². The molecule has 1 spiro atoms. The first-order valence-corrected chi connectivity index (χ1v) is 8.96. The standard InChI is InChI=1S/C18H32O3/c1-14-6-5-10-18(12-14,20-2)16(19)15-7-11-21-17(13-15)8-3-4-9-17/h14-16,19H,3-13H2,1-2H3. The van der Waals surface area contributed by atoms with Gasteiger partial charge in [0.15, 0.2) is 0 Å². The zero-order chi connectivity index (χ0) is 14.9. The summed E-state index contributed by atoms with van der Waals surface area (Å²) in [6.45, 7) is 3.11. The molecular weight excluding hydrogens is 264 g/mol. The minimum Gasteiger partial charge on any atom is -0.390 e. The van der Waals surface area contributed by atoms with Gasteiger partial charge in [0.25, 0.3) is 0 Å². The van der Waals surface area contributed by atoms with Crippen molar-refractivity contribution in [2.45, 2.75) is 88.4 Å². The maximum Gasteiger partial charge on any atom is 0.0941 e. The average molecular weight is 296 g/mol. The molecule has 1 aliphatic heterocycles. The van der Waals surface area contributed by atoms with Crippen LogP contribution in [0.25, 0.3) is 0 Å². The Morgan fingerprint density at radius 3 is 2.52 bits per heavy atom. The Bertz CT molecular complexity index is 350. The van der Waals surface area contributed by atoms with Gasteiger partial charge in [0, 0.05) is 13.7 Å². The molecule has 4 unspecified atom stereocenters. The van der Waals surface area contributed by atoms with Crippen LogP contribution in [0, 0.1) is 11.8 Å². The van der Waals surface area contributed by atoms with Crippen LogP contribution in [0.3, 0.4) is 0 Å². The topological polar surface area (TPSA) is 38.7 Å². The first kappa shape index (κ1) is 15.8. The van der Waals surface area contributed by atoms with Gasteiger partial charge in [0.05, 0.1) is 17.3 Å². The van der Waals surface area contributed by atoms with Crippen LogP contribution in [0.5, 0.6) is 0 Å². The van der Waals surface area contributed by atoms with Crippen molar-refractivity contribution >= 4 is 0 Å². The van der Waals surface area contributed by atoms with E-state index in [9.17, 15) is 5.11 Å². The Morgan fingerprint density at radius 1 is 1.10 bits per heavy atom. The molecule has 0 radical (unpaired) electrons. The third-order valence-electron chi connectivity index (χ3n) is 6.43. The second-order valence-electron chi connectivity index (χ2n) is 7.91. The number of rotatable bonds is 3. The van der Waals surface area contributed by atoms with Crippen LogP contribution < -0.4 is 0 Å². The van der Waals surface area contributed by atoms with Gasteiger partial charge in [-0.2, -0.15) is 0 Å². The lowest BCUT2D eigenvalue weighted by atomic mass is 9.69. The molecule has 0 aromatic carbocycles. The molecule has 3 nitrogen and oxygen atoms in total. The minimum atomic E-state index is -0.327. The normalized spacial score (nSPS) is 41.3. The van der Waals surface area contributed by atoms with Crippen LogP contribution in [0.4, 0.5) is 0 Å². The fraction of sp³-hybridized carbons (Fsp3) is 1.00. The first-order chi connectivity index (χ1) is 10.1. The summed E-state index contributed by atoms with van der Waals surface area (Å²) in [5.74, 6) is 1.01. The van der Waals surface area contributed by atoms with Crippen LogP contribution in [0.1, 0.15) is 71.1 Å². The Balaban J connectivity index is 1.72. The van der Waals surface area contributed by atoms with Gasteiger partial charge in [-0.25, -0.2) is 0 Å². The summed E-state index contributed by atoms with van der Waals surface area (Å²) in [6.07, 6.45) is 11.1. The molecular formula is C18H32O3. The van der Waals surface area contributed by atoms with Gasteiger partial charge in [0.1, 0.15) is 0 Å². The molecule has 3 fully saturated rings. The van der Waals surface area contributed by atoms with Crippen molar-refractivity contribution in [3.05, 3.63) is 0 Å². The van der Waals surface area contributed by atoms with Crippen LogP contribution in [0.15, 0.2) is 0 Å². The van der Waals surface area contributed by atoms with Crippen LogP contribution in [-0.4, -0.2) is 36.1 Å². The largest absolute Gasteiger partial charge is 0.390 e. The molecule has 0 amide bonds. The van der Waals surface area contributed by atoms with E-state index in [1.54, 1.807) is 7.11 Å². The van der Waals surface area contributed by atoms with Gasteiger partial charge in [-0.05, 0) is 50.4 Å². The summed E-state index contributed by atoms with van der Waals surface area (Å²) in [6, 6.07) is 0. The van der Waals surface area contributed by atoms with Crippen molar-refractivity contribution in [1.29, 1.82) is 0 Å². The molecule has 3 rings (SSSR count). The maximum atomic E-state index is 11.1. The molecule has 3 aliphatic rings. The Kier molecular flexibility index (Phi) is 4.63. The number of methoxy groups -OCH3 is 1. The van der Waals surface area contributed by atoms with E-state index >= 15 is 0 Å². The number of hydrogen-bond donors (Lipinski definition) is 1. The molecule has 2 saturated carbocycles. The average Bonchev–Trinajstić information content (AvgIpc) is 2.94. The van der Waals surface area contributed by atoms with Crippen LogP contribution in [-0.2, 0) is 9.47 Å². The highest BCUT2D eigenvalue weighted by molar-refractivity contribution is 5.00. The van der Waals surface area contributed by atoms with E-state index in [4.69, 9.17) is 9.47 Å². The summed E-state index contributed by atoms with van der Waals surface area (Å²) in [7, 11) is 1.80. The molecule has 21 heavy (non-hydrogen) atoms. The summed E-state index contributed by atoms with van der Waals surface area (Å²) in [5, 5.41) is 11.1. The highest BCUT2D eigenvalue weighted by Crippen LogP contribution is 2.47. The molecule has 1 saturated heterocycles. The predicted molar refractivity (Wildman–Crippen MR) is 83.3 cm³/mol. The first-order valence-electron chi connectivity index (χ1n) is 8.96. The third kappa shape index (κ3) is 3.02. The molecule has 2 aliphatic carbocycles. The van der Waals surface area contributed by atoms with E-state index in [-0.39, 0.29) is 17.3 Å². The maximum absolute atomic E-state index is 11.1. The number of hydrogen-bond acceptors (Lipinski definition) is 3. The summed E-state index contributed by atoms with van der Waals surface area (Å²) >= 11 is 0. The molecule has 122 valence electrons. The van der Waals surface area contributed by atoms with Crippen molar-refractivity contribution in [2.24, 2.45) is 11.8 Å². The predicted octanol–water partition coefficient (Wildman–Crippen LogP) is 3.68.